The average molecular weight is 265 g/mol. The lowest BCUT2D eigenvalue weighted by atomic mass is 10.2. The maximum absolute atomic E-state index is 11.0. The summed E-state index contributed by atoms with van der Waals surface area (Å²) in [6.45, 7) is 0. The highest BCUT2D eigenvalue weighted by Crippen LogP contribution is 2.26. The van der Waals surface area contributed by atoms with E-state index in [0.29, 0.717) is 10.8 Å². The Hall–Kier alpha value is -2.27. The first-order chi connectivity index (χ1) is 8.56. The minimum absolute atomic E-state index is 0.0440. The molecule has 0 saturated carbocycles. The van der Waals surface area contributed by atoms with Gasteiger partial charge in [0.25, 0.3) is 0 Å². The lowest BCUT2D eigenvalue weighted by Gasteiger charge is -2.08. The molecule has 0 amide bonds. The second-order valence-electron chi connectivity index (χ2n) is 3.47. The average Bonchev–Trinajstić information content (AvgIpc) is 2.34. The van der Waals surface area contributed by atoms with Crippen LogP contribution in [0.3, 0.4) is 0 Å². The number of halogens is 1. The molecule has 3 N–H and O–H groups in total. The summed E-state index contributed by atoms with van der Waals surface area (Å²) in [6.07, 6.45) is 1.27. The fourth-order valence-corrected chi connectivity index (χ4v) is 1.46. The number of pyridine rings is 1. The van der Waals surface area contributed by atoms with Crippen LogP contribution in [0.5, 0.6) is 11.5 Å². The molecule has 0 spiro atoms. The number of aromatic nitrogens is 1. The van der Waals surface area contributed by atoms with Crippen LogP contribution in [0.1, 0.15) is 10.4 Å². The third kappa shape index (κ3) is 2.70. The molecule has 0 unspecified atom stereocenters. The van der Waals surface area contributed by atoms with Gasteiger partial charge in [0.15, 0.2) is 5.75 Å². The van der Waals surface area contributed by atoms with Crippen molar-refractivity contribution in [3.8, 4) is 11.5 Å². The fraction of sp³-hybridized carbons (Fsp3) is 0. The Morgan fingerprint density at radius 2 is 2.00 bits per heavy atom. The number of hydrogen-bond donors (Lipinski definition) is 2. The van der Waals surface area contributed by atoms with Crippen molar-refractivity contribution < 1.29 is 14.6 Å². The van der Waals surface area contributed by atoms with E-state index >= 15 is 0 Å². The van der Waals surface area contributed by atoms with E-state index in [1.807, 2.05) is 0 Å². The van der Waals surface area contributed by atoms with Gasteiger partial charge >= 0.3 is 5.97 Å². The highest BCUT2D eigenvalue weighted by Gasteiger charge is 2.13. The summed E-state index contributed by atoms with van der Waals surface area (Å²) in [5, 5.41) is 9.59. The predicted octanol–water partition coefficient (Wildman–Crippen LogP) is 2.81. The molecule has 0 radical (unpaired) electrons. The number of carbonyl (C=O) groups is 1. The Balaban J connectivity index is 2.34. The molecule has 0 saturated heterocycles. The first kappa shape index (κ1) is 12.2. The van der Waals surface area contributed by atoms with Crippen molar-refractivity contribution in [1.29, 1.82) is 0 Å². The number of hydrogen-bond acceptors (Lipinski definition) is 4. The molecule has 1 heterocycles. The van der Waals surface area contributed by atoms with Crippen LogP contribution < -0.4 is 10.5 Å². The molecule has 0 bridgehead atoms. The summed E-state index contributed by atoms with van der Waals surface area (Å²) in [5.74, 6) is -0.420. The number of aromatic carboxylic acids is 1. The van der Waals surface area contributed by atoms with Gasteiger partial charge in [0.2, 0.25) is 0 Å². The Morgan fingerprint density at radius 3 is 2.61 bits per heavy atom. The van der Waals surface area contributed by atoms with Gasteiger partial charge in [-0.05, 0) is 30.3 Å². The molecule has 2 rings (SSSR count). The van der Waals surface area contributed by atoms with E-state index in [1.165, 1.54) is 12.3 Å². The molecule has 0 aliphatic heterocycles. The van der Waals surface area contributed by atoms with E-state index in [1.54, 1.807) is 24.3 Å². The van der Waals surface area contributed by atoms with E-state index in [9.17, 15) is 4.79 Å². The maximum Gasteiger partial charge on any atom is 0.339 e. The van der Waals surface area contributed by atoms with Gasteiger partial charge in [-0.25, -0.2) is 9.78 Å². The van der Waals surface area contributed by atoms with E-state index in [4.69, 9.17) is 27.2 Å². The number of anilines is 1. The maximum atomic E-state index is 11.0. The van der Waals surface area contributed by atoms with Crippen LogP contribution in [-0.2, 0) is 0 Å². The normalized spacial score (nSPS) is 10.1. The third-order valence-electron chi connectivity index (χ3n) is 2.16. The first-order valence-electron chi connectivity index (χ1n) is 4.98. The van der Waals surface area contributed by atoms with Crippen LogP contribution in [0.25, 0.3) is 0 Å². The lowest BCUT2D eigenvalue weighted by Crippen LogP contribution is -2.03. The first-order valence-corrected chi connectivity index (χ1v) is 5.36. The van der Waals surface area contributed by atoms with Crippen molar-refractivity contribution >= 4 is 23.4 Å². The predicted molar refractivity (Wildman–Crippen MR) is 67.1 cm³/mol. The van der Waals surface area contributed by atoms with Gasteiger partial charge < -0.3 is 15.6 Å². The zero-order valence-corrected chi connectivity index (χ0v) is 9.89. The minimum Gasteiger partial charge on any atom is -0.478 e. The molecular formula is C12H9ClN2O3. The molecule has 0 fully saturated rings. The second-order valence-corrected chi connectivity index (χ2v) is 3.90. The van der Waals surface area contributed by atoms with Gasteiger partial charge in [-0.2, -0.15) is 0 Å². The Kier molecular flexibility index (Phi) is 3.34. The van der Waals surface area contributed by atoms with E-state index < -0.39 is 5.97 Å². The van der Waals surface area contributed by atoms with Crippen molar-refractivity contribution in [2.75, 3.05) is 5.73 Å². The van der Waals surface area contributed by atoms with Gasteiger partial charge in [-0.15, -0.1) is 0 Å². The molecule has 2 aromatic rings. The summed E-state index contributed by atoms with van der Waals surface area (Å²) < 4.78 is 5.42. The van der Waals surface area contributed by atoms with E-state index in [2.05, 4.69) is 4.98 Å². The largest absolute Gasteiger partial charge is 0.478 e. The quantitative estimate of drug-likeness (QED) is 0.890. The van der Waals surface area contributed by atoms with Gasteiger partial charge in [-0.3, -0.25) is 0 Å². The molecule has 1 aromatic carbocycles. The summed E-state index contributed by atoms with van der Waals surface area (Å²) in [6, 6.07) is 7.78. The van der Waals surface area contributed by atoms with E-state index in [0.717, 1.165) is 0 Å². The number of nitrogens with two attached hydrogens (primary N) is 1. The zero-order valence-electron chi connectivity index (χ0n) is 9.13. The smallest absolute Gasteiger partial charge is 0.339 e. The van der Waals surface area contributed by atoms with Crippen LogP contribution in [0, 0.1) is 0 Å². The number of ether oxygens (including phenoxy) is 1. The molecule has 0 aliphatic carbocycles. The number of nitrogen functional groups attached to an aromatic ring is 1. The number of carboxylic acids is 1. The van der Waals surface area contributed by atoms with Crippen molar-refractivity contribution in [3.63, 3.8) is 0 Å². The molecule has 0 aliphatic rings. The lowest BCUT2D eigenvalue weighted by molar-refractivity contribution is 0.0694. The SMILES string of the molecule is Nc1cc(C(=O)O)c(Oc2ccc(Cl)cc2)cn1. The minimum atomic E-state index is -1.13. The van der Waals surface area contributed by atoms with Crippen molar-refractivity contribution in [2.45, 2.75) is 0 Å². The standard InChI is InChI=1S/C12H9ClN2O3/c13-7-1-3-8(4-2-7)18-10-6-15-11(14)5-9(10)12(16)17/h1-6H,(H2,14,15)(H,16,17). The van der Waals surface area contributed by atoms with Gasteiger partial charge in [0, 0.05) is 5.02 Å². The Morgan fingerprint density at radius 1 is 1.33 bits per heavy atom. The summed E-state index contributed by atoms with van der Waals surface area (Å²) in [7, 11) is 0. The highest BCUT2D eigenvalue weighted by atomic mass is 35.5. The van der Waals surface area contributed by atoms with E-state index in [-0.39, 0.29) is 17.1 Å². The topological polar surface area (TPSA) is 85.4 Å². The molecule has 92 valence electrons. The van der Waals surface area contributed by atoms with Crippen molar-refractivity contribution in [3.05, 3.63) is 47.1 Å². The van der Waals surface area contributed by atoms with Crippen molar-refractivity contribution in [2.24, 2.45) is 0 Å². The number of benzene rings is 1. The molecular weight excluding hydrogens is 256 g/mol. The Bertz CT molecular complexity index is 584. The molecule has 0 atom stereocenters. The highest BCUT2D eigenvalue weighted by molar-refractivity contribution is 6.30. The second kappa shape index (κ2) is 4.93. The van der Waals surface area contributed by atoms with Gasteiger partial charge in [0.1, 0.15) is 17.1 Å². The van der Waals surface area contributed by atoms with Crippen LogP contribution in [-0.4, -0.2) is 16.1 Å². The fourth-order valence-electron chi connectivity index (χ4n) is 1.34. The summed E-state index contributed by atoms with van der Waals surface area (Å²) in [5.41, 5.74) is 5.39. The van der Waals surface area contributed by atoms with Crippen LogP contribution in [0.2, 0.25) is 5.02 Å². The zero-order chi connectivity index (χ0) is 13.1. The van der Waals surface area contributed by atoms with Gasteiger partial charge in [0.05, 0.1) is 6.20 Å². The number of carboxylic acid groups (broad SMARTS) is 1. The molecule has 5 nitrogen and oxygen atoms in total. The van der Waals surface area contributed by atoms with Crippen LogP contribution in [0.15, 0.2) is 36.5 Å². The number of nitrogens with zero attached hydrogens (tertiary/aromatic N) is 1. The molecule has 1 aromatic heterocycles. The number of rotatable bonds is 3. The summed E-state index contributed by atoms with van der Waals surface area (Å²) in [4.78, 5) is 14.8. The molecule has 18 heavy (non-hydrogen) atoms. The monoisotopic (exact) mass is 264 g/mol. The van der Waals surface area contributed by atoms with Gasteiger partial charge in [-0.1, -0.05) is 11.6 Å². The van der Waals surface area contributed by atoms with Crippen LogP contribution in [0.4, 0.5) is 5.82 Å². The third-order valence-corrected chi connectivity index (χ3v) is 2.41. The Labute approximate surface area is 108 Å². The van der Waals surface area contributed by atoms with Crippen molar-refractivity contribution in [1.82, 2.24) is 4.98 Å². The summed E-state index contributed by atoms with van der Waals surface area (Å²) >= 11 is 5.74. The molecule has 6 heteroatoms. The van der Waals surface area contributed by atoms with Crippen LogP contribution >= 0.6 is 11.6 Å².